The molecule has 3 heteroatoms. The second kappa shape index (κ2) is 5.51. The van der Waals surface area contributed by atoms with E-state index < -0.39 is 0 Å². The van der Waals surface area contributed by atoms with Crippen molar-refractivity contribution in [1.29, 1.82) is 0 Å². The first kappa shape index (κ1) is 12.3. The second-order valence-electron chi connectivity index (χ2n) is 4.78. The lowest BCUT2D eigenvalue weighted by molar-refractivity contribution is 0.663. The molecule has 1 heterocycles. The normalized spacial score (nSPS) is 12.7. The fraction of sp³-hybridized carbons (Fsp3) is 0.188. The summed E-state index contributed by atoms with van der Waals surface area (Å²) in [5.41, 5.74) is 7.50. The van der Waals surface area contributed by atoms with Crippen molar-refractivity contribution < 1.29 is 0 Å². The maximum Gasteiger partial charge on any atom is 0.0940 e. The van der Waals surface area contributed by atoms with Crippen LogP contribution < -0.4 is 5.73 Å². The number of rotatable bonds is 4. The second-order valence-corrected chi connectivity index (χ2v) is 5.75. The van der Waals surface area contributed by atoms with Gasteiger partial charge in [0.1, 0.15) is 0 Å². The standard InChI is InChI=1S/C16H16N2S/c17-15(11-16-18-7-8-19-16)10-12-5-6-13-3-1-2-4-14(13)9-12/h1-9,15H,10-11,17H2. The molecule has 1 aromatic heterocycles. The lowest BCUT2D eigenvalue weighted by Crippen LogP contribution is -2.25. The Morgan fingerprint density at radius 1 is 1.05 bits per heavy atom. The molecule has 0 radical (unpaired) electrons. The number of thiazole rings is 1. The molecule has 0 spiro atoms. The zero-order chi connectivity index (χ0) is 13.1. The zero-order valence-electron chi connectivity index (χ0n) is 10.6. The van der Waals surface area contributed by atoms with Crippen LogP contribution in [0.5, 0.6) is 0 Å². The molecular formula is C16H16N2S. The molecule has 0 amide bonds. The summed E-state index contributed by atoms with van der Waals surface area (Å²) in [4.78, 5) is 4.29. The van der Waals surface area contributed by atoms with E-state index in [1.165, 1.54) is 16.3 Å². The molecule has 0 bridgehead atoms. The molecule has 19 heavy (non-hydrogen) atoms. The van der Waals surface area contributed by atoms with Crippen molar-refractivity contribution in [2.45, 2.75) is 18.9 Å². The highest BCUT2D eigenvalue weighted by Crippen LogP contribution is 2.17. The van der Waals surface area contributed by atoms with Gasteiger partial charge in [-0.25, -0.2) is 4.98 Å². The van der Waals surface area contributed by atoms with Gasteiger partial charge in [-0.3, -0.25) is 0 Å². The minimum atomic E-state index is 0.132. The van der Waals surface area contributed by atoms with Gasteiger partial charge >= 0.3 is 0 Å². The van der Waals surface area contributed by atoms with Crippen LogP contribution in [-0.4, -0.2) is 11.0 Å². The Morgan fingerprint density at radius 3 is 2.68 bits per heavy atom. The Labute approximate surface area is 116 Å². The summed E-state index contributed by atoms with van der Waals surface area (Å²) in [7, 11) is 0. The van der Waals surface area contributed by atoms with Gasteiger partial charge in [-0.15, -0.1) is 11.3 Å². The minimum Gasteiger partial charge on any atom is -0.327 e. The number of fused-ring (bicyclic) bond motifs is 1. The predicted octanol–water partition coefficient (Wildman–Crippen LogP) is 3.41. The summed E-state index contributed by atoms with van der Waals surface area (Å²) in [5, 5.41) is 5.67. The van der Waals surface area contributed by atoms with Gasteiger partial charge in [-0.1, -0.05) is 42.5 Å². The van der Waals surface area contributed by atoms with E-state index in [9.17, 15) is 0 Å². The molecule has 0 aliphatic heterocycles. The van der Waals surface area contributed by atoms with Gasteiger partial charge in [0.15, 0.2) is 0 Å². The molecule has 3 aromatic rings. The molecule has 0 aliphatic carbocycles. The Kier molecular flexibility index (Phi) is 3.58. The van der Waals surface area contributed by atoms with Gasteiger partial charge in [0.25, 0.3) is 0 Å². The van der Waals surface area contributed by atoms with Gasteiger partial charge < -0.3 is 5.73 Å². The van der Waals surface area contributed by atoms with Crippen molar-refractivity contribution in [1.82, 2.24) is 4.98 Å². The van der Waals surface area contributed by atoms with E-state index in [1.54, 1.807) is 11.3 Å². The first-order chi connectivity index (χ1) is 9.31. The number of nitrogens with zero attached hydrogens (tertiary/aromatic N) is 1. The topological polar surface area (TPSA) is 38.9 Å². The Morgan fingerprint density at radius 2 is 1.89 bits per heavy atom. The first-order valence-corrected chi connectivity index (χ1v) is 7.31. The van der Waals surface area contributed by atoms with Crippen LogP contribution in [0.2, 0.25) is 0 Å². The molecule has 96 valence electrons. The maximum absolute atomic E-state index is 6.21. The fourth-order valence-electron chi connectivity index (χ4n) is 2.32. The number of benzene rings is 2. The van der Waals surface area contributed by atoms with Crippen molar-refractivity contribution in [2.75, 3.05) is 0 Å². The van der Waals surface area contributed by atoms with Gasteiger partial charge in [0.05, 0.1) is 5.01 Å². The molecule has 2 N–H and O–H groups in total. The molecule has 2 nitrogen and oxygen atoms in total. The third-order valence-corrected chi connectivity index (χ3v) is 4.03. The van der Waals surface area contributed by atoms with Gasteiger partial charge in [-0.05, 0) is 22.8 Å². The zero-order valence-corrected chi connectivity index (χ0v) is 11.4. The van der Waals surface area contributed by atoms with E-state index >= 15 is 0 Å². The van der Waals surface area contributed by atoms with E-state index in [-0.39, 0.29) is 6.04 Å². The molecule has 1 unspecified atom stereocenters. The van der Waals surface area contributed by atoms with E-state index in [4.69, 9.17) is 5.73 Å². The van der Waals surface area contributed by atoms with Gasteiger partial charge in [0.2, 0.25) is 0 Å². The highest BCUT2D eigenvalue weighted by molar-refractivity contribution is 7.09. The van der Waals surface area contributed by atoms with Crippen LogP contribution in [-0.2, 0) is 12.8 Å². The maximum atomic E-state index is 6.21. The van der Waals surface area contributed by atoms with Crippen LogP contribution in [0.15, 0.2) is 54.0 Å². The molecule has 3 rings (SSSR count). The lowest BCUT2D eigenvalue weighted by atomic mass is 10.0. The van der Waals surface area contributed by atoms with Crippen LogP contribution in [0, 0.1) is 0 Å². The highest BCUT2D eigenvalue weighted by atomic mass is 32.1. The summed E-state index contributed by atoms with van der Waals surface area (Å²) in [6.45, 7) is 0. The third-order valence-electron chi connectivity index (χ3n) is 3.23. The monoisotopic (exact) mass is 268 g/mol. The lowest BCUT2D eigenvalue weighted by Gasteiger charge is -2.10. The van der Waals surface area contributed by atoms with Crippen LogP contribution >= 0.6 is 11.3 Å². The summed E-state index contributed by atoms with van der Waals surface area (Å²) in [6, 6.07) is 15.1. The van der Waals surface area contributed by atoms with E-state index in [0.29, 0.717) is 0 Å². The molecule has 0 aliphatic rings. The number of hydrogen-bond acceptors (Lipinski definition) is 3. The first-order valence-electron chi connectivity index (χ1n) is 6.43. The summed E-state index contributed by atoms with van der Waals surface area (Å²) in [5.74, 6) is 0. The van der Waals surface area contributed by atoms with Crippen molar-refractivity contribution in [3.05, 3.63) is 64.6 Å². The molecule has 0 fully saturated rings. The predicted molar refractivity (Wildman–Crippen MR) is 81.4 cm³/mol. The third kappa shape index (κ3) is 3.00. The average Bonchev–Trinajstić information content (AvgIpc) is 2.91. The van der Waals surface area contributed by atoms with Gasteiger partial charge in [-0.2, -0.15) is 0 Å². The Bertz CT molecular complexity index is 661. The highest BCUT2D eigenvalue weighted by Gasteiger charge is 2.07. The summed E-state index contributed by atoms with van der Waals surface area (Å²) in [6.07, 6.45) is 3.58. The van der Waals surface area contributed by atoms with Crippen LogP contribution in [0.1, 0.15) is 10.6 Å². The molecule has 1 atom stereocenters. The SMILES string of the molecule is NC(Cc1ccc2ccccc2c1)Cc1nccs1. The van der Waals surface area contributed by atoms with E-state index in [0.717, 1.165) is 17.8 Å². The van der Waals surface area contributed by atoms with Crippen LogP contribution in [0.3, 0.4) is 0 Å². The van der Waals surface area contributed by atoms with Crippen molar-refractivity contribution in [2.24, 2.45) is 5.73 Å². The van der Waals surface area contributed by atoms with Crippen LogP contribution in [0.25, 0.3) is 10.8 Å². The number of aromatic nitrogens is 1. The van der Waals surface area contributed by atoms with E-state index in [1.807, 2.05) is 11.6 Å². The average molecular weight is 268 g/mol. The number of nitrogens with two attached hydrogens (primary N) is 1. The van der Waals surface area contributed by atoms with Crippen molar-refractivity contribution >= 4 is 22.1 Å². The molecular weight excluding hydrogens is 252 g/mol. The molecule has 0 saturated carbocycles. The Balaban J connectivity index is 1.73. The largest absolute Gasteiger partial charge is 0.327 e. The smallest absolute Gasteiger partial charge is 0.0940 e. The Hall–Kier alpha value is -1.71. The van der Waals surface area contributed by atoms with Gasteiger partial charge in [0, 0.05) is 24.0 Å². The quantitative estimate of drug-likeness (QED) is 0.787. The van der Waals surface area contributed by atoms with E-state index in [2.05, 4.69) is 47.4 Å². The summed E-state index contributed by atoms with van der Waals surface area (Å²) < 4.78 is 0. The number of hydrogen-bond donors (Lipinski definition) is 1. The van der Waals surface area contributed by atoms with Crippen molar-refractivity contribution in [3.63, 3.8) is 0 Å². The van der Waals surface area contributed by atoms with Crippen molar-refractivity contribution in [3.8, 4) is 0 Å². The molecule has 0 saturated heterocycles. The molecule has 2 aromatic carbocycles. The van der Waals surface area contributed by atoms with Crippen LogP contribution in [0.4, 0.5) is 0 Å². The fourth-order valence-corrected chi connectivity index (χ4v) is 3.03. The summed E-state index contributed by atoms with van der Waals surface area (Å²) >= 11 is 1.67. The minimum absolute atomic E-state index is 0.132.